The molecule has 0 radical (unpaired) electrons. The van der Waals surface area contributed by atoms with Gasteiger partial charge < -0.3 is 9.88 Å². The van der Waals surface area contributed by atoms with Gasteiger partial charge >= 0.3 is 0 Å². The molecule has 22 heavy (non-hydrogen) atoms. The summed E-state index contributed by atoms with van der Waals surface area (Å²) < 4.78 is 0.233. The van der Waals surface area contributed by atoms with Crippen LogP contribution in [-0.2, 0) is 11.3 Å². The summed E-state index contributed by atoms with van der Waals surface area (Å²) in [7, 11) is 0. The number of alkyl halides is 3. The van der Waals surface area contributed by atoms with Gasteiger partial charge in [-0.1, -0.05) is 40.9 Å². The van der Waals surface area contributed by atoms with Crippen molar-refractivity contribution in [2.24, 2.45) is 5.92 Å². The number of piperidine rings is 1. The number of rotatable bonds is 3. The summed E-state index contributed by atoms with van der Waals surface area (Å²) in [6.45, 7) is 1.98. The van der Waals surface area contributed by atoms with Crippen molar-refractivity contribution in [1.29, 1.82) is 0 Å². The summed E-state index contributed by atoms with van der Waals surface area (Å²) in [5.41, 5.74) is 1.05. The standard InChI is InChI=1S/C14H16Cl3N3O2/c15-14(16,17)13(18-8-21)19-5-9-4-10(7-19)11-2-1-3-12(22)20(11)6-9/h1-3,8-10,13H,4-7H2,(H,18,21)/t9-,10-,13+/m0/s1. The van der Waals surface area contributed by atoms with Gasteiger partial charge in [0.1, 0.15) is 6.17 Å². The fourth-order valence-electron chi connectivity index (χ4n) is 3.62. The van der Waals surface area contributed by atoms with Crippen LogP contribution in [0.15, 0.2) is 23.0 Å². The maximum atomic E-state index is 12.0. The Hall–Kier alpha value is -0.750. The van der Waals surface area contributed by atoms with Crippen LogP contribution in [0.4, 0.5) is 0 Å². The Labute approximate surface area is 143 Å². The van der Waals surface area contributed by atoms with E-state index in [0.29, 0.717) is 32.0 Å². The molecule has 3 heterocycles. The molecular formula is C14H16Cl3N3O2. The van der Waals surface area contributed by atoms with Crippen LogP contribution in [0, 0.1) is 5.92 Å². The van der Waals surface area contributed by atoms with Crippen molar-refractivity contribution in [3.8, 4) is 0 Å². The second-order valence-electron chi connectivity index (χ2n) is 5.88. The van der Waals surface area contributed by atoms with Crippen molar-refractivity contribution < 1.29 is 4.79 Å². The van der Waals surface area contributed by atoms with E-state index in [1.54, 1.807) is 12.1 Å². The van der Waals surface area contributed by atoms with E-state index in [1.807, 2.05) is 15.5 Å². The molecule has 1 aromatic rings. The van der Waals surface area contributed by atoms with Gasteiger partial charge in [0.25, 0.3) is 5.56 Å². The van der Waals surface area contributed by atoms with E-state index >= 15 is 0 Å². The number of nitrogens with one attached hydrogen (secondary N) is 1. The predicted octanol–water partition coefficient (Wildman–Crippen LogP) is 1.71. The highest BCUT2D eigenvalue weighted by molar-refractivity contribution is 6.68. The molecule has 2 aliphatic rings. The number of likely N-dealkylation sites (tertiary alicyclic amines) is 1. The van der Waals surface area contributed by atoms with E-state index in [4.69, 9.17) is 34.8 Å². The Bertz CT molecular complexity index is 628. The zero-order valence-corrected chi connectivity index (χ0v) is 14.0. The van der Waals surface area contributed by atoms with Gasteiger partial charge in [-0.3, -0.25) is 14.5 Å². The molecule has 0 saturated carbocycles. The zero-order chi connectivity index (χ0) is 15.9. The third-order valence-corrected chi connectivity index (χ3v) is 5.03. The summed E-state index contributed by atoms with van der Waals surface area (Å²) in [5, 5.41) is 2.60. The van der Waals surface area contributed by atoms with Gasteiger partial charge in [-0.2, -0.15) is 0 Å². The number of pyridine rings is 1. The van der Waals surface area contributed by atoms with Gasteiger partial charge in [-0.25, -0.2) is 0 Å². The maximum Gasteiger partial charge on any atom is 0.250 e. The molecule has 120 valence electrons. The highest BCUT2D eigenvalue weighted by atomic mass is 35.6. The number of nitrogens with zero attached hydrogens (tertiary/aromatic N) is 2. The van der Waals surface area contributed by atoms with Gasteiger partial charge in [0.05, 0.1) is 0 Å². The second kappa shape index (κ2) is 6.04. The van der Waals surface area contributed by atoms with Crippen molar-refractivity contribution in [1.82, 2.24) is 14.8 Å². The smallest absolute Gasteiger partial charge is 0.250 e. The lowest BCUT2D eigenvalue weighted by Gasteiger charge is -2.46. The van der Waals surface area contributed by atoms with Gasteiger partial charge in [0.15, 0.2) is 0 Å². The van der Waals surface area contributed by atoms with Gasteiger partial charge in [-0.05, 0) is 18.4 Å². The van der Waals surface area contributed by atoms with Crippen LogP contribution in [0.5, 0.6) is 0 Å². The minimum atomic E-state index is -1.61. The summed E-state index contributed by atoms with van der Waals surface area (Å²) in [4.78, 5) is 24.8. The van der Waals surface area contributed by atoms with Crippen LogP contribution in [0.25, 0.3) is 0 Å². The lowest BCUT2D eigenvalue weighted by molar-refractivity contribution is -0.111. The lowest BCUT2D eigenvalue weighted by atomic mass is 9.83. The van der Waals surface area contributed by atoms with Crippen molar-refractivity contribution in [2.45, 2.75) is 28.8 Å². The van der Waals surface area contributed by atoms with Crippen LogP contribution < -0.4 is 10.9 Å². The Balaban J connectivity index is 1.89. The predicted molar refractivity (Wildman–Crippen MR) is 86.4 cm³/mol. The summed E-state index contributed by atoms with van der Waals surface area (Å²) in [6, 6.07) is 5.34. The number of carbonyl (C=O) groups is 1. The Kier molecular flexibility index (Phi) is 4.42. The Morgan fingerprint density at radius 2 is 2.05 bits per heavy atom. The van der Waals surface area contributed by atoms with Gasteiger partial charge in [0.2, 0.25) is 10.2 Å². The van der Waals surface area contributed by atoms with E-state index in [0.717, 1.165) is 12.1 Å². The summed E-state index contributed by atoms with van der Waals surface area (Å²) in [5.74, 6) is 0.499. The first-order valence-corrected chi connectivity index (χ1v) is 8.23. The number of hydrogen-bond donors (Lipinski definition) is 1. The number of halogens is 3. The monoisotopic (exact) mass is 363 g/mol. The number of aromatic nitrogens is 1. The van der Waals surface area contributed by atoms with E-state index in [9.17, 15) is 9.59 Å². The van der Waals surface area contributed by atoms with Crippen LogP contribution in [0.2, 0.25) is 0 Å². The second-order valence-corrected chi connectivity index (χ2v) is 8.25. The van der Waals surface area contributed by atoms with Gasteiger partial charge in [-0.15, -0.1) is 0 Å². The molecule has 1 aromatic heterocycles. The fourth-order valence-corrected chi connectivity index (χ4v) is 4.22. The molecule has 0 aromatic carbocycles. The van der Waals surface area contributed by atoms with Crippen molar-refractivity contribution in [3.63, 3.8) is 0 Å². The van der Waals surface area contributed by atoms with Crippen molar-refractivity contribution in [3.05, 3.63) is 34.2 Å². The van der Waals surface area contributed by atoms with Crippen molar-refractivity contribution >= 4 is 41.2 Å². The van der Waals surface area contributed by atoms with E-state index in [1.165, 1.54) is 0 Å². The molecule has 8 heteroatoms. The van der Waals surface area contributed by atoms with Crippen LogP contribution in [0.1, 0.15) is 18.0 Å². The first-order valence-electron chi connectivity index (χ1n) is 7.10. The third-order valence-electron chi connectivity index (χ3n) is 4.41. The van der Waals surface area contributed by atoms with Crippen LogP contribution in [-0.4, -0.2) is 38.9 Å². The minimum Gasteiger partial charge on any atom is -0.339 e. The number of amides is 1. The molecule has 0 aliphatic carbocycles. The topological polar surface area (TPSA) is 54.3 Å². The van der Waals surface area contributed by atoms with Crippen LogP contribution in [0.3, 0.4) is 0 Å². The molecule has 3 rings (SSSR count). The molecule has 5 nitrogen and oxygen atoms in total. The van der Waals surface area contributed by atoms with Crippen molar-refractivity contribution in [2.75, 3.05) is 13.1 Å². The third kappa shape index (κ3) is 3.00. The maximum absolute atomic E-state index is 12.0. The molecule has 1 saturated heterocycles. The summed E-state index contributed by atoms with van der Waals surface area (Å²) >= 11 is 18.0. The van der Waals surface area contributed by atoms with E-state index < -0.39 is 9.96 Å². The first-order chi connectivity index (χ1) is 10.4. The molecule has 1 fully saturated rings. The number of carbonyl (C=O) groups excluding carboxylic acids is 1. The zero-order valence-electron chi connectivity index (χ0n) is 11.7. The largest absolute Gasteiger partial charge is 0.339 e. The SMILES string of the molecule is O=CN[C@H](N1C[C@@H]2C[C@@H](C1)c1cccc(=O)n1C2)C(Cl)(Cl)Cl. The average molecular weight is 365 g/mol. The van der Waals surface area contributed by atoms with Crippen LogP contribution >= 0.6 is 34.8 Å². The fraction of sp³-hybridized carbons (Fsp3) is 0.571. The minimum absolute atomic E-state index is 0.0320. The molecule has 1 N–H and O–H groups in total. The molecule has 0 spiro atoms. The molecular weight excluding hydrogens is 349 g/mol. The average Bonchev–Trinajstić information content (AvgIpc) is 2.44. The van der Waals surface area contributed by atoms with E-state index in [-0.39, 0.29) is 11.5 Å². The quantitative estimate of drug-likeness (QED) is 0.656. The lowest BCUT2D eigenvalue weighted by Crippen LogP contribution is -2.59. The number of hydrogen-bond acceptors (Lipinski definition) is 3. The Morgan fingerprint density at radius 1 is 1.27 bits per heavy atom. The highest BCUT2D eigenvalue weighted by Crippen LogP contribution is 2.39. The molecule has 3 atom stereocenters. The summed E-state index contributed by atoms with van der Waals surface area (Å²) in [6.07, 6.45) is 0.880. The van der Waals surface area contributed by atoms with Gasteiger partial charge in [0, 0.05) is 37.3 Å². The molecule has 2 aliphatic heterocycles. The highest BCUT2D eigenvalue weighted by Gasteiger charge is 2.43. The first kappa shape index (κ1) is 16.1. The van der Waals surface area contributed by atoms with E-state index in [2.05, 4.69) is 5.32 Å². The normalized spacial score (nSPS) is 26.1. The Morgan fingerprint density at radius 3 is 2.73 bits per heavy atom. The number of fused-ring (bicyclic) bond motifs is 4. The molecule has 2 bridgehead atoms. The molecule has 0 unspecified atom stereocenters. The molecule has 1 amide bonds.